The van der Waals surface area contributed by atoms with Crippen LogP contribution in [0.1, 0.15) is 5.56 Å². The van der Waals surface area contributed by atoms with Gasteiger partial charge in [0.1, 0.15) is 12.4 Å². The third-order valence-electron chi connectivity index (χ3n) is 3.44. The minimum Gasteiger partial charge on any atom is -0.492 e. The van der Waals surface area contributed by atoms with E-state index in [0.717, 1.165) is 15.8 Å². The topological polar surface area (TPSA) is 38.3 Å². The van der Waals surface area contributed by atoms with Gasteiger partial charge in [0, 0.05) is 10.2 Å². The predicted octanol–water partition coefficient (Wildman–Crippen LogP) is 4.29. The Morgan fingerprint density at radius 1 is 1.29 bits per heavy atom. The summed E-state index contributed by atoms with van der Waals surface area (Å²) in [5.41, 5.74) is 1.75. The first kappa shape index (κ1) is 14.4. The van der Waals surface area contributed by atoms with Gasteiger partial charge in [0.25, 0.3) is 0 Å². The Bertz CT molecular complexity index is 690. The van der Waals surface area contributed by atoms with Gasteiger partial charge in [0.05, 0.1) is 10.9 Å². The summed E-state index contributed by atoms with van der Waals surface area (Å²) in [5.74, 6) is 0.624. The second-order valence-electron chi connectivity index (χ2n) is 4.94. The van der Waals surface area contributed by atoms with Crippen LogP contribution in [-0.2, 0) is 11.2 Å². The van der Waals surface area contributed by atoms with Crippen molar-refractivity contribution in [2.45, 2.75) is 6.42 Å². The molecule has 2 aromatic carbocycles. The molecule has 1 atom stereocenters. The number of fused-ring (bicyclic) bond motifs is 1. The molecule has 21 heavy (non-hydrogen) atoms. The molecule has 2 aromatic rings. The average molecular weight is 367 g/mol. The summed E-state index contributed by atoms with van der Waals surface area (Å²) >= 11 is 9.35. The van der Waals surface area contributed by atoms with E-state index in [9.17, 15) is 4.79 Å². The van der Waals surface area contributed by atoms with E-state index in [2.05, 4.69) is 21.2 Å². The van der Waals surface area contributed by atoms with Gasteiger partial charge in [-0.1, -0.05) is 29.8 Å². The summed E-state index contributed by atoms with van der Waals surface area (Å²) in [6.07, 6.45) is 0.687. The fourth-order valence-electron chi connectivity index (χ4n) is 2.31. The maximum absolute atomic E-state index is 12.3. The number of carbonyl (C=O) groups is 1. The van der Waals surface area contributed by atoms with E-state index >= 15 is 0 Å². The van der Waals surface area contributed by atoms with E-state index in [1.165, 1.54) is 0 Å². The lowest BCUT2D eigenvalue weighted by molar-refractivity contribution is -0.121. The van der Waals surface area contributed by atoms with Gasteiger partial charge in [-0.15, -0.1) is 0 Å². The number of carbonyl (C=O) groups excluding carboxylic acids is 1. The Kier molecular flexibility index (Phi) is 4.17. The van der Waals surface area contributed by atoms with E-state index in [0.29, 0.717) is 23.7 Å². The first-order chi connectivity index (χ1) is 10.1. The lowest BCUT2D eigenvalue weighted by Crippen LogP contribution is -2.32. The molecule has 1 aliphatic heterocycles. The molecule has 0 spiro atoms. The Labute approximate surface area is 136 Å². The highest BCUT2D eigenvalue weighted by molar-refractivity contribution is 9.10. The summed E-state index contributed by atoms with van der Waals surface area (Å²) in [7, 11) is 0. The Hall–Kier alpha value is -1.52. The predicted molar refractivity (Wildman–Crippen MR) is 86.9 cm³/mol. The lowest BCUT2D eigenvalue weighted by Gasteiger charge is -2.24. The zero-order valence-corrected chi connectivity index (χ0v) is 13.4. The second kappa shape index (κ2) is 6.08. The smallest absolute Gasteiger partial charge is 0.231 e. The van der Waals surface area contributed by atoms with E-state index in [-0.39, 0.29) is 11.8 Å². The number of benzene rings is 2. The summed E-state index contributed by atoms with van der Waals surface area (Å²) in [6, 6.07) is 13.2. The van der Waals surface area contributed by atoms with Crippen molar-refractivity contribution < 1.29 is 9.53 Å². The van der Waals surface area contributed by atoms with Crippen LogP contribution in [0.2, 0.25) is 5.02 Å². The van der Waals surface area contributed by atoms with Gasteiger partial charge in [0.15, 0.2) is 0 Å². The van der Waals surface area contributed by atoms with Crippen molar-refractivity contribution in [3.05, 3.63) is 57.5 Å². The molecule has 0 aliphatic carbocycles. The maximum atomic E-state index is 12.3. The highest BCUT2D eigenvalue weighted by atomic mass is 79.9. The number of hydrogen-bond acceptors (Lipinski definition) is 2. The van der Waals surface area contributed by atoms with Crippen LogP contribution >= 0.6 is 27.5 Å². The largest absolute Gasteiger partial charge is 0.492 e. The number of nitrogens with one attached hydrogen (secondary N) is 1. The monoisotopic (exact) mass is 365 g/mol. The molecule has 3 rings (SSSR count). The van der Waals surface area contributed by atoms with Crippen LogP contribution in [0.5, 0.6) is 5.75 Å². The van der Waals surface area contributed by atoms with Crippen molar-refractivity contribution in [2.24, 2.45) is 5.92 Å². The number of hydrogen-bond donors (Lipinski definition) is 1. The Morgan fingerprint density at radius 3 is 2.90 bits per heavy atom. The van der Waals surface area contributed by atoms with Gasteiger partial charge in [0.2, 0.25) is 5.91 Å². The highest BCUT2D eigenvalue weighted by Crippen LogP contribution is 2.29. The van der Waals surface area contributed by atoms with Gasteiger partial charge < -0.3 is 10.1 Å². The molecule has 0 radical (unpaired) electrons. The van der Waals surface area contributed by atoms with Crippen LogP contribution in [0.4, 0.5) is 5.69 Å². The van der Waals surface area contributed by atoms with Crippen molar-refractivity contribution in [2.75, 3.05) is 11.9 Å². The van der Waals surface area contributed by atoms with Gasteiger partial charge in [-0.25, -0.2) is 0 Å². The molecule has 1 N–H and O–H groups in total. The van der Waals surface area contributed by atoms with Gasteiger partial charge in [-0.05, 0) is 52.2 Å². The number of halogens is 2. The molecule has 0 bridgehead atoms. The molecular weight excluding hydrogens is 354 g/mol. The standard InChI is InChI=1S/C16H13BrClNO2/c17-13-6-5-12(8-14(13)18)19-16(20)11-7-10-3-1-2-4-15(10)21-9-11/h1-6,8,11H,7,9H2,(H,19,20). The molecular formula is C16H13BrClNO2. The summed E-state index contributed by atoms with van der Waals surface area (Å²) < 4.78 is 6.45. The quantitative estimate of drug-likeness (QED) is 0.861. The number of anilines is 1. The van der Waals surface area contributed by atoms with Crippen molar-refractivity contribution in [3.63, 3.8) is 0 Å². The van der Waals surface area contributed by atoms with E-state index in [4.69, 9.17) is 16.3 Å². The second-order valence-corrected chi connectivity index (χ2v) is 6.20. The fourth-order valence-corrected chi connectivity index (χ4v) is 2.74. The summed E-state index contributed by atoms with van der Waals surface area (Å²) in [4.78, 5) is 12.3. The molecule has 0 saturated carbocycles. The summed E-state index contributed by atoms with van der Waals surface area (Å²) in [5, 5.41) is 3.45. The zero-order chi connectivity index (χ0) is 14.8. The average Bonchev–Trinajstić information content (AvgIpc) is 2.50. The van der Waals surface area contributed by atoms with Gasteiger partial charge in [-0.3, -0.25) is 4.79 Å². The van der Waals surface area contributed by atoms with Crippen molar-refractivity contribution in [1.29, 1.82) is 0 Å². The maximum Gasteiger partial charge on any atom is 0.231 e. The van der Waals surface area contributed by atoms with E-state index in [1.807, 2.05) is 36.4 Å². The molecule has 0 saturated heterocycles. The van der Waals surface area contributed by atoms with Crippen LogP contribution in [0, 0.1) is 5.92 Å². The van der Waals surface area contributed by atoms with Crippen molar-refractivity contribution in [1.82, 2.24) is 0 Å². The number of para-hydroxylation sites is 1. The third kappa shape index (κ3) is 3.22. The molecule has 1 aliphatic rings. The molecule has 5 heteroatoms. The number of rotatable bonds is 2. The molecule has 108 valence electrons. The van der Waals surface area contributed by atoms with Gasteiger partial charge >= 0.3 is 0 Å². The fraction of sp³-hybridized carbons (Fsp3) is 0.188. The molecule has 3 nitrogen and oxygen atoms in total. The van der Waals surface area contributed by atoms with Crippen LogP contribution < -0.4 is 10.1 Å². The van der Waals surface area contributed by atoms with E-state index < -0.39 is 0 Å². The number of amides is 1. The van der Waals surface area contributed by atoms with Crippen LogP contribution in [0.25, 0.3) is 0 Å². The van der Waals surface area contributed by atoms with Gasteiger partial charge in [-0.2, -0.15) is 0 Å². The first-order valence-electron chi connectivity index (χ1n) is 6.60. The first-order valence-corrected chi connectivity index (χ1v) is 7.77. The lowest BCUT2D eigenvalue weighted by atomic mass is 9.96. The van der Waals surface area contributed by atoms with E-state index in [1.54, 1.807) is 6.07 Å². The normalized spacial score (nSPS) is 16.8. The SMILES string of the molecule is O=C(Nc1ccc(Br)c(Cl)c1)C1COc2ccccc2C1. The van der Waals surface area contributed by atoms with Crippen LogP contribution in [0.3, 0.4) is 0 Å². The van der Waals surface area contributed by atoms with Crippen molar-refractivity contribution >= 4 is 39.1 Å². The molecule has 1 amide bonds. The van der Waals surface area contributed by atoms with Crippen molar-refractivity contribution in [3.8, 4) is 5.75 Å². The zero-order valence-electron chi connectivity index (χ0n) is 11.1. The Morgan fingerprint density at radius 2 is 2.10 bits per heavy atom. The summed E-state index contributed by atoms with van der Waals surface area (Å²) in [6.45, 7) is 0.396. The minimum absolute atomic E-state index is 0.0529. The molecule has 1 unspecified atom stereocenters. The Balaban J connectivity index is 1.70. The highest BCUT2D eigenvalue weighted by Gasteiger charge is 2.25. The molecule has 0 fully saturated rings. The van der Waals surface area contributed by atoms with Crippen LogP contribution in [-0.4, -0.2) is 12.5 Å². The minimum atomic E-state index is -0.192. The third-order valence-corrected chi connectivity index (χ3v) is 4.67. The molecule has 0 aromatic heterocycles. The molecule has 1 heterocycles. The number of ether oxygens (including phenoxy) is 1. The van der Waals surface area contributed by atoms with Crippen LogP contribution in [0.15, 0.2) is 46.9 Å².